The van der Waals surface area contributed by atoms with Gasteiger partial charge >= 0.3 is 5.97 Å². The number of thiophene rings is 1. The van der Waals surface area contributed by atoms with Crippen molar-refractivity contribution in [2.75, 3.05) is 31.6 Å². The summed E-state index contributed by atoms with van der Waals surface area (Å²) in [5.41, 5.74) is 2.19. The molecule has 1 aromatic heterocycles. The number of piperidine rings is 1. The molecule has 0 radical (unpaired) electrons. The molecule has 0 atom stereocenters. The summed E-state index contributed by atoms with van der Waals surface area (Å²) in [6.45, 7) is 7.49. The third-order valence-corrected chi connectivity index (χ3v) is 6.19. The Morgan fingerprint density at radius 1 is 1.21 bits per heavy atom. The number of hydrogen-bond acceptors (Lipinski definition) is 4. The summed E-state index contributed by atoms with van der Waals surface area (Å²) < 4.78 is 5.25. The Hall–Kier alpha value is -2.18. The van der Waals surface area contributed by atoms with Crippen molar-refractivity contribution in [3.8, 4) is 11.1 Å². The average molecular weight is 402 g/mol. The second kappa shape index (κ2) is 9.85. The molecule has 1 fully saturated rings. The quantitative estimate of drug-likeness (QED) is 0.701. The topological polar surface area (TPSA) is 59.8 Å². The number of esters is 1. The Balaban J connectivity index is 1.69. The summed E-state index contributed by atoms with van der Waals surface area (Å²) in [6.07, 6.45) is 2.93. The molecule has 0 spiro atoms. The maximum absolute atomic E-state index is 12.6. The van der Waals surface area contributed by atoms with Crippen LogP contribution in [0.25, 0.3) is 11.1 Å². The molecule has 0 aliphatic carbocycles. The molecule has 0 saturated carbocycles. The molecule has 5 nitrogen and oxygen atoms in total. The van der Waals surface area contributed by atoms with E-state index in [2.05, 4.69) is 12.2 Å². The van der Waals surface area contributed by atoms with Crippen LogP contribution < -0.4 is 10.2 Å². The number of quaternary nitrogens is 1. The fourth-order valence-corrected chi connectivity index (χ4v) is 4.56. The van der Waals surface area contributed by atoms with E-state index in [1.807, 2.05) is 35.7 Å². The Morgan fingerprint density at radius 3 is 2.61 bits per heavy atom. The molecule has 1 amide bonds. The van der Waals surface area contributed by atoms with Gasteiger partial charge < -0.3 is 15.0 Å². The van der Waals surface area contributed by atoms with Crippen molar-refractivity contribution in [2.45, 2.75) is 33.1 Å². The van der Waals surface area contributed by atoms with Crippen LogP contribution in [0.4, 0.5) is 5.00 Å². The van der Waals surface area contributed by atoms with E-state index in [-0.39, 0.29) is 5.91 Å². The number of benzene rings is 1. The van der Waals surface area contributed by atoms with Gasteiger partial charge in [-0.25, -0.2) is 4.79 Å². The molecular formula is C22H29N2O3S+. The van der Waals surface area contributed by atoms with Crippen LogP contribution in [0.5, 0.6) is 0 Å². The second-order valence-corrected chi connectivity index (χ2v) is 8.30. The van der Waals surface area contributed by atoms with E-state index in [1.165, 1.54) is 29.1 Å². The highest BCUT2D eigenvalue weighted by molar-refractivity contribution is 7.15. The molecule has 2 heterocycles. The Labute approximate surface area is 170 Å². The molecule has 3 rings (SSSR count). The Bertz CT molecular complexity index is 795. The predicted molar refractivity (Wildman–Crippen MR) is 113 cm³/mol. The van der Waals surface area contributed by atoms with Crippen LogP contribution in [-0.2, 0) is 9.53 Å². The molecular weight excluding hydrogens is 372 g/mol. The summed E-state index contributed by atoms with van der Waals surface area (Å²) >= 11 is 1.38. The lowest BCUT2D eigenvalue weighted by molar-refractivity contribution is -0.905. The molecule has 1 aliphatic heterocycles. The number of likely N-dealkylation sites (tertiary alicyclic amines) is 1. The number of nitrogens with one attached hydrogen (secondary N) is 2. The van der Waals surface area contributed by atoms with E-state index < -0.39 is 5.97 Å². The lowest BCUT2D eigenvalue weighted by Crippen LogP contribution is -3.13. The third kappa shape index (κ3) is 5.20. The molecule has 2 N–H and O–H groups in total. The van der Waals surface area contributed by atoms with E-state index in [0.717, 1.165) is 36.7 Å². The molecule has 1 aliphatic rings. The van der Waals surface area contributed by atoms with Crippen molar-refractivity contribution in [2.24, 2.45) is 5.92 Å². The average Bonchev–Trinajstić information content (AvgIpc) is 3.12. The normalized spacial score (nSPS) is 19.2. The molecule has 0 bridgehead atoms. The predicted octanol–water partition coefficient (Wildman–Crippen LogP) is 3.24. The van der Waals surface area contributed by atoms with Gasteiger partial charge in [0.05, 0.1) is 32.7 Å². The molecule has 1 aromatic carbocycles. The highest BCUT2D eigenvalue weighted by Gasteiger charge is 2.24. The van der Waals surface area contributed by atoms with Crippen molar-refractivity contribution in [3.05, 3.63) is 41.3 Å². The fourth-order valence-electron chi connectivity index (χ4n) is 3.59. The van der Waals surface area contributed by atoms with Gasteiger partial charge in [-0.15, -0.1) is 11.3 Å². The number of amides is 1. The lowest BCUT2D eigenvalue weighted by Gasteiger charge is -2.27. The number of carbonyl (C=O) groups is 2. The zero-order valence-corrected chi connectivity index (χ0v) is 17.4. The fraction of sp³-hybridized carbons (Fsp3) is 0.455. The van der Waals surface area contributed by atoms with Crippen LogP contribution in [0.1, 0.15) is 43.5 Å². The first-order valence-corrected chi connectivity index (χ1v) is 10.9. The molecule has 0 unspecified atom stereocenters. The van der Waals surface area contributed by atoms with E-state index in [1.54, 1.807) is 6.92 Å². The summed E-state index contributed by atoms with van der Waals surface area (Å²) in [5, 5.41) is 5.44. The van der Waals surface area contributed by atoms with E-state index in [9.17, 15) is 9.59 Å². The maximum atomic E-state index is 12.6. The van der Waals surface area contributed by atoms with Crippen LogP contribution in [0.15, 0.2) is 35.7 Å². The van der Waals surface area contributed by atoms with Gasteiger partial charge in [-0.1, -0.05) is 37.3 Å². The van der Waals surface area contributed by atoms with Crippen molar-refractivity contribution in [1.29, 1.82) is 0 Å². The smallest absolute Gasteiger partial charge is 0.341 e. The first-order valence-electron chi connectivity index (χ1n) is 10.1. The number of carbonyl (C=O) groups excluding carboxylic acids is 2. The van der Waals surface area contributed by atoms with Crippen LogP contribution >= 0.6 is 11.3 Å². The number of anilines is 1. The number of ether oxygens (including phenoxy) is 1. The monoisotopic (exact) mass is 401 g/mol. The van der Waals surface area contributed by atoms with Crippen LogP contribution in [0, 0.1) is 5.92 Å². The van der Waals surface area contributed by atoms with Crippen LogP contribution in [-0.4, -0.2) is 38.1 Å². The lowest BCUT2D eigenvalue weighted by atomic mass is 9.99. The van der Waals surface area contributed by atoms with Gasteiger partial charge in [0.1, 0.15) is 10.6 Å². The molecule has 1 saturated heterocycles. The van der Waals surface area contributed by atoms with Gasteiger partial charge in [-0.05, 0) is 31.2 Å². The maximum Gasteiger partial charge on any atom is 0.341 e. The largest absolute Gasteiger partial charge is 0.462 e. The SMILES string of the molecule is CCOC(=O)c1c(-c2ccccc2)csc1NC(=O)CC[NH+]1CCC(C)CC1. The van der Waals surface area contributed by atoms with Gasteiger partial charge in [-0.2, -0.15) is 0 Å². The molecule has 2 aromatic rings. The third-order valence-electron chi connectivity index (χ3n) is 5.30. The van der Waals surface area contributed by atoms with Crippen molar-refractivity contribution in [3.63, 3.8) is 0 Å². The minimum Gasteiger partial charge on any atom is -0.462 e. The number of hydrogen-bond donors (Lipinski definition) is 2. The Morgan fingerprint density at radius 2 is 1.93 bits per heavy atom. The zero-order chi connectivity index (χ0) is 19.9. The van der Waals surface area contributed by atoms with Gasteiger partial charge in [0, 0.05) is 10.9 Å². The minimum atomic E-state index is -0.395. The van der Waals surface area contributed by atoms with Gasteiger partial charge in [0.2, 0.25) is 5.91 Å². The minimum absolute atomic E-state index is 0.0434. The molecule has 28 heavy (non-hydrogen) atoms. The summed E-state index contributed by atoms with van der Waals surface area (Å²) in [7, 11) is 0. The van der Waals surface area contributed by atoms with Gasteiger partial charge in [0.15, 0.2) is 0 Å². The highest BCUT2D eigenvalue weighted by Crippen LogP contribution is 2.36. The standard InChI is InChI=1S/C22H28N2O3S/c1-3-27-22(26)20-18(17-7-5-4-6-8-17)15-28-21(20)23-19(25)11-14-24-12-9-16(2)10-13-24/h4-8,15-16H,3,9-14H2,1-2H3,(H,23,25)/p+1. The first-order chi connectivity index (χ1) is 13.6. The van der Waals surface area contributed by atoms with Crippen molar-refractivity contribution in [1.82, 2.24) is 0 Å². The van der Waals surface area contributed by atoms with Crippen LogP contribution in [0.2, 0.25) is 0 Å². The van der Waals surface area contributed by atoms with E-state index >= 15 is 0 Å². The van der Waals surface area contributed by atoms with Gasteiger partial charge in [0.25, 0.3) is 0 Å². The molecule has 150 valence electrons. The second-order valence-electron chi connectivity index (χ2n) is 7.42. The van der Waals surface area contributed by atoms with Crippen LogP contribution in [0.3, 0.4) is 0 Å². The number of rotatable bonds is 7. The highest BCUT2D eigenvalue weighted by atomic mass is 32.1. The summed E-state index contributed by atoms with van der Waals surface area (Å²) in [4.78, 5) is 26.6. The Kier molecular flexibility index (Phi) is 7.23. The van der Waals surface area contributed by atoms with E-state index in [4.69, 9.17) is 4.74 Å². The summed E-state index contributed by atoms with van der Waals surface area (Å²) in [5.74, 6) is 0.360. The van der Waals surface area contributed by atoms with Gasteiger partial charge in [-0.3, -0.25) is 4.79 Å². The first kappa shape index (κ1) is 20.6. The van der Waals surface area contributed by atoms with Crippen molar-refractivity contribution >= 4 is 28.2 Å². The zero-order valence-electron chi connectivity index (χ0n) is 16.6. The van der Waals surface area contributed by atoms with E-state index in [0.29, 0.717) is 23.6 Å². The summed E-state index contributed by atoms with van der Waals surface area (Å²) in [6, 6.07) is 9.71. The molecule has 6 heteroatoms. The van der Waals surface area contributed by atoms with Crippen molar-refractivity contribution < 1.29 is 19.2 Å².